The van der Waals surface area contributed by atoms with Crippen molar-refractivity contribution < 1.29 is 18.0 Å². The normalized spacial score (nSPS) is 19.3. The average molecular weight is 352 g/mol. The first-order valence-corrected chi connectivity index (χ1v) is 8.70. The van der Waals surface area contributed by atoms with Crippen molar-refractivity contribution in [3.05, 3.63) is 29.2 Å². The molecule has 1 N–H and O–H groups in total. The lowest BCUT2D eigenvalue weighted by molar-refractivity contribution is -0.142. The highest BCUT2D eigenvalue weighted by atomic mass is 19.4. The molecule has 0 radical (unpaired) electrons. The summed E-state index contributed by atoms with van der Waals surface area (Å²) >= 11 is 0. The summed E-state index contributed by atoms with van der Waals surface area (Å²) in [4.78, 5) is 16.9. The number of fused-ring (bicyclic) bond motifs is 1. The van der Waals surface area contributed by atoms with Crippen molar-refractivity contribution >= 4 is 11.6 Å². The van der Waals surface area contributed by atoms with Crippen molar-refractivity contribution in [2.75, 3.05) is 0 Å². The third-order valence-electron chi connectivity index (χ3n) is 4.96. The first-order chi connectivity index (χ1) is 11.9. The van der Waals surface area contributed by atoms with Crippen LogP contribution in [0.2, 0.25) is 0 Å². The number of amides is 1. The number of nitrogens with one attached hydrogen (secondary N) is 1. The lowest BCUT2D eigenvalue weighted by atomic mass is 9.95. The van der Waals surface area contributed by atoms with E-state index in [4.69, 9.17) is 0 Å². The van der Waals surface area contributed by atoms with Gasteiger partial charge in [-0.2, -0.15) is 18.3 Å². The Labute approximate surface area is 142 Å². The molecule has 2 aliphatic rings. The largest absolute Gasteiger partial charge is 0.433 e. The third kappa shape index (κ3) is 3.21. The molecular weight excluding hydrogens is 333 g/mol. The second kappa shape index (κ2) is 6.00. The van der Waals surface area contributed by atoms with Gasteiger partial charge in [0.1, 0.15) is 11.3 Å². The fraction of sp³-hybridized carbons (Fsp3) is 0.588. The Balaban J connectivity index is 1.71. The minimum atomic E-state index is -4.55. The van der Waals surface area contributed by atoms with Gasteiger partial charge in [0.25, 0.3) is 5.91 Å². The Hall–Kier alpha value is -2.12. The zero-order chi connectivity index (χ0) is 17.6. The van der Waals surface area contributed by atoms with E-state index in [1.807, 2.05) is 0 Å². The number of alkyl halides is 3. The molecule has 2 heterocycles. The zero-order valence-electron chi connectivity index (χ0n) is 13.6. The molecule has 8 heteroatoms. The summed E-state index contributed by atoms with van der Waals surface area (Å²) in [5, 5.41) is 6.72. The summed E-state index contributed by atoms with van der Waals surface area (Å²) in [7, 11) is 0. The summed E-state index contributed by atoms with van der Waals surface area (Å²) < 4.78 is 40.9. The van der Waals surface area contributed by atoms with Gasteiger partial charge in [-0.05, 0) is 31.7 Å². The standard InChI is InChI=1S/C17H19F3N4O/c18-17(19,20)14-8-13(10-6-7-10)23-15-12(9-21-24(14)15)16(25)22-11-4-2-1-3-5-11/h8-11H,1-7H2,(H,22,25). The van der Waals surface area contributed by atoms with Crippen molar-refractivity contribution in [3.8, 4) is 0 Å². The molecule has 0 aromatic carbocycles. The summed E-state index contributed by atoms with van der Waals surface area (Å²) in [6, 6.07) is 1.13. The highest BCUT2D eigenvalue weighted by Crippen LogP contribution is 2.41. The molecule has 2 aromatic rings. The van der Waals surface area contributed by atoms with Crippen molar-refractivity contribution in [2.45, 2.75) is 63.1 Å². The highest BCUT2D eigenvalue weighted by molar-refractivity contribution is 5.99. The second-order valence-corrected chi connectivity index (χ2v) is 6.94. The van der Waals surface area contributed by atoms with E-state index in [0.717, 1.165) is 55.5 Å². The van der Waals surface area contributed by atoms with Crippen molar-refractivity contribution in [1.82, 2.24) is 19.9 Å². The van der Waals surface area contributed by atoms with Crippen molar-refractivity contribution in [3.63, 3.8) is 0 Å². The number of carbonyl (C=O) groups excluding carboxylic acids is 1. The first kappa shape index (κ1) is 16.4. The zero-order valence-corrected chi connectivity index (χ0v) is 13.6. The Bertz CT molecular complexity index is 804. The van der Waals surface area contributed by atoms with Gasteiger partial charge in [-0.25, -0.2) is 9.50 Å². The maximum Gasteiger partial charge on any atom is 0.433 e. The molecule has 0 atom stereocenters. The predicted octanol–water partition coefficient (Wildman–Crippen LogP) is 3.69. The molecule has 2 aromatic heterocycles. The number of hydrogen-bond donors (Lipinski definition) is 1. The number of nitrogens with zero attached hydrogens (tertiary/aromatic N) is 3. The average Bonchev–Trinajstić information content (AvgIpc) is 3.33. The molecule has 0 aliphatic heterocycles. The molecule has 4 rings (SSSR count). The van der Waals surface area contributed by atoms with Crippen LogP contribution in [0.4, 0.5) is 13.2 Å². The summed E-state index contributed by atoms with van der Waals surface area (Å²) in [5.41, 5.74) is -0.383. The van der Waals surface area contributed by atoms with Gasteiger partial charge in [0, 0.05) is 17.7 Å². The molecule has 2 fully saturated rings. The van der Waals surface area contributed by atoms with E-state index in [-0.39, 0.29) is 23.2 Å². The summed E-state index contributed by atoms with van der Waals surface area (Å²) in [6.07, 6.45) is 3.38. The van der Waals surface area contributed by atoms with E-state index in [1.165, 1.54) is 6.20 Å². The van der Waals surface area contributed by atoms with E-state index in [9.17, 15) is 18.0 Å². The van der Waals surface area contributed by atoms with Gasteiger partial charge in [0.15, 0.2) is 5.65 Å². The number of carbonyl (C=O) groups is 1. The monoisotopic (exact) mass is 352 g/mol. The van der Waals surface area contributed by atoms with Crippen LogP contribution in [0.3, 0.4) is 0 Å². The molecule has 2 aliphatic carbocycles. The minimum absolute atomic E-state index is 0.00923. The summed E-state index contributed by atoms with van der Waals surface area (Å²) in [6.45, 7) is 0. The molecule has 2 saturated carbocycles. The maximum absolute atomic E-state index is 13.4. The van der Waals surface area contributed by atoms with Gasteiger partial charge in [-0.1, -0.05) is 19.3 Å². The number of halogens is 3. The van der Waals surface area contributed by atoms with E-state index in [1.54, 1.807) is 0 Å². The van der Waals surface area contributed by atoms with Gasteiger partial charge in [0.2, 0.25) is 0 Å². The molecule has 5 nitrogen and oxygen atoms in total. The molecule has 0 saturated heterocycles. The smallest absolute Gasteiger partial charge is 0.349 e. The van der Waals surface area contributed by atoms with Crippen LogP contribution < -0.4 is 5.32 Å². The number of rotatable bonds is 3. The third-order valence-corrected chi connectivity index (χ3v) is 4.96. The Morgan fingerprint density at radius 1 is 1.16 bits per heavy atom. The van der Waals surface area contributed by atoms with Crippen LogP contribution in [-0.4, -0.2) is 26.5 Å². The van der Waals surface area contributed by atoms with Crippen LogP contribution in [-0.2, 0) is 6.18 Å². The Morgan fingerprint density at radius 2 is 1.88 bits per heavy atom. The Morgan fingerprint density at radius 3 is 2.52 bits per heavy atom. The van der Waals surface area contributed by atoms with E-state index in [0.29, 0.717) is 5.69 Å². The SMILES string of the molecule is O=C(NC1CCCCC1)c1cnn2c(C(F)(F)F)cc(C3CC3)nc12. The highest BCUT2D eigenvalue weighted by Gasteiger charge is 2.38. The maximum atomic E-state index is 13.4. The molecule has 0 unspecified atom stereocenters. The minimum Gasteiger partial charge on any atom is -0.349 e. The van der Waals surface area contributed by atoms with Crippen LogP contribution in [0.25, 0.3) is 5.65 Å². The summed E-state index contributed by atoms with van der Waals surface area (Å²) in [5.74, 6) is -0.342. The fourth-order valence-electron chi connectivity index (χ4n) is 3.44. The fourth-order valence-corrected chi connectivity index (χ4v) is 3.44. The molecule has 0 spiro atoms. The molecular formula is C17H19F3N4O. The molecule has 134 valence electrons. The van der Waals surface area contributed by atoms with Crippen LogP contribution in [0.5, 0.6) is 0 Å². The van der Waals surface area contributed by atoms with E-state index < -0.39 is 17.8 Å². The van der Waals surface area contributed by atoms with Crippen molar-refractivity contribution in [1.29, 1.82) is 0 Å². The Kier molecular flexibility index (Phi) is 3.92. The van der Waals surface area contributed by atoms with Crippen LogP contribution in [0.15, 0.2) is 12.3 Å². The number of aromatic nitrogens is 3. The quantitative estimate of drug-likeness (QED) is 0.917. The van der Waals surface area contributed by atoms with Crippen LogP contribution in [0.1, 0.15) is 72.6 Å². The molecule has 25 heavy (non-hydrogen) atoms. The van der Waals surface area contributed by atoms with Gasteiger partial charge < -0.3 is 5.32 Å². The van der Waals surface area contributed by atoms with E-state index in [2.05, 4.69) is 15.4 Å². The van der Waals surface area contributed by atoms with Gasteiger partial charge in [-0.15, -0.1) is 0 Å². The molecule has 1 amide bonds. The molecule has 0 bridgehead atoms. The second-order valence-electron chi connectivity index (χ2n) is 6.94. The van der Waals surface area contributed by atoms with Crippen LogP contribution in [0, 0.1) is 0 Å². The van der Waals surface area contributed by atoms with Gasteiger partial charge in [-0.3, -0.25) is 4.79 Å². The van der Waals surface area contributed by atoms with E-state index >= 15 is 0 Å². The topological polar surface area (TPSA) is 59.3 Å². The van der Waals surface area contributed by atoms with Gasteiger partial charge >= 0.3 is 6.18 Å². The lowest BCUT2D eigenvalue weighted by Crippen LogP contribution is -2.36. The first-order valence-electron chi connectivity index (χ1n) is 8.70. The van der Waals surface area contributed by atoms with Gasteiger partial charge in [0.05, 0.1) is 6.20 Å². The lowest BCUT2D eigenvalue weighted by Gasteiger charge is -2.22. The number of hydrogen-bond acceptors (Lipinski definition) is 3. The van der Waals surface area contributed by atoms with Crippen molar-refractivity contribution in [2.24, 2.45) is 0 Å². The predicted molar refractivity (Wildman–Crippen MR) is 84.3 cm³/mol. The van der Waals surface area contributed by atoms with Crippen LogP contribution >= 0.6 is 0 Å².